The summed E-state index contributed by atoms with van der Waals surface area (Å²) in [6.07, 6.45) is 0.220. The highest BCUT2D eigenvalue weighted by molar-refractivity contribution is 6.18. The fourth-order valence-corrected chi connectivity index (χ4v) is 1.61. The minimum absolute atomic E-state index is 0.138. The summed E-state index contributed by atoms with van der Waals surface area (Å²) in [5.74, 6) is -0.293. The van der Waals surface area contributed by atoms with Gasteiger partial charge < -0.3 is 10.0 Å². The van der Waals surface area contributed by atoms with E-state index in [0.717, 1.165) is 0 Å². The van der Waals surface area contributed by atoms with Gasteiger partial charge in [0.15, 0.2) is 5.75 Å². The maximum atomic E-state index is 11.5. The number of halogens is 1. The third kappa shape index (κ3) is 3.59. The van der Waals surface area contributed by atoms with Crippen molar-refractivity contribution < 1.29 is 14.8 Å². The van der Waals surface area contributed by atoms with Crippen LogP contribution in [0, 0.1) is 10.1 Å². The number of aromatic hydroxyl groups is 1. The second-order valence-corrected chi connectivity index (χ2v) is 4.15. The Labute approximate surface area is 109 Å². The molecule has 0 bridgehead atoms. The second-order valence-electron chi connectivity index (χ2n) is 3.77. The normalized spacial score (nSPS) is 10.1. The number of benzene rings is 1. The fraction of sp³-hybridized carbons (Fsp3) is 0.364. The molecule has 0 unspecified atom stereocenters. The predicted octanol–water partition coefficient (Wildman–Crippen LogP) is 1.89. The Bertz CT molecular complexity index is 464. The molecule has 0 radical (unpaired) electrons. The zero-order chi connectivity index (χ0) is 13.7. The van der Waals surface area contributed by atoms with Gasteiger partial charge in [-0.3, -0.25) is 14.9 Å². The molecule has 0 aromatic heterocycles. The molecule has 0 saturated heterocycles. The number of nitrogens with zero attached hydrogens (tertiary/aromatic N) is 2. The Balaban J connectivity index is 2.82. The molecule has 1 aromatic rings. The predicted molar refractivity (Wildman–Crippen MR) is 66.6 cm³/mol. The Morgan fingerprint density at radius 3 is 2.78 bits per heavy atom. The highest BCUT2D eigenvalue weighted by Gasteiger charge is 2.15. The average Bonchev–Trinajstić information content (AvgIpc) is 2.31. The van der Waals surface area contributed by atoms with E-state index >= 15 is 0 Å². The van der Waals surface area contributed by atoms with Crippen LogP contribution in [0.4, 0.5) is 5.69 Å². The van der Waals surface area contributed by atoms with E-state index in [2.05, 4.69) is 0 Å². The van der Waals surface area contributed by atoms with Gasteiger partial charge in [0, 0.05) is 32.0 Å². The topological polar surface area (TPSA) is 83.7 Å². The van der Waals surface area contributed by atoms with Crippen LogP contribution in [0.15, 0.2) is 18.2 Å². The first-order chi connectivity index (χ1) is 8.45. The summed E-state index contributed by atoms with van der Waals surface area (Å²) in [4.78, 5) is 22.9. The molecule has 1 N–H and O–H groups in total. The SMILES string of the molecule is CN(Cc1ccc(O)c([N+](=O)[O-])c1)C(=O)CCCl. The summed E-state index contributed by atoms with van der Waals surface area (Å²) in [6.45, 7) is 0.233. The molecule has 1 rings (SSSR count). The molecule has 18 heavy (non-hydrogen) atoms. The maximum absolute atomic E-state index is 11.5. The van der Waals surface area contributed by atoms with E-state index < -0.39 is 10.7 Å². The van der Waals surface area contributed by atoms with Crippen LogP contribution in [0.3, 0.4) is 0 Å². The zero-order valence-corrected chi connectivity index (χ0v) is 10.6. The fourth-order valence-electron chi connectivity index (χ4n) is 1.45. The standard InChI is InChI=1S/C11H13ClN2O4/c1-13(11(16)4-5-12)7-8-2-3-10(15)9(6-8)14(17)18/h2-3,6,15H,4-5,7H2,1H3. The summed E-state index contributed by atoms with van der Waals surface area (Å²) in [5.41, 5.74) is 0.204. The highest BCUT2D eigenvalue weighted by Crippen LogP contribution is 2.26. The second kappa shape index (κ2) is 6.20. The third-order valence-electron chi connectivity index (χ3n) is 2.39. The summed E-state index contributed by atoms with van der Waals surface area (Å²) in [5, 5.41) is 19.9. The molecule has 0 fully saturated rings. The summed E-state index contributed by atoms with van der Waals surface area (Å²) >= 11 is 5.46. The number of nitro groups is 1. The van der Waals surface area contributed by atoms with Gasteiger partial charge in [-0.15, -0.1) is 11.6 Å². The third-order valence-corrected chi connectivity index (χ3v) is 2.58. The minimum Gasteiger partial charge on any atom is -0.502 e. The van der Waals surface area contributed by atoms with Gasteiger partial charge in [-0.05, 0) is 11.6 Å². The lowest BCUT2D eigenvalue weighted by Gasteiger charge is -2.16. The van der Waals surface area contributed by atoms with E-state index in [1.807, 2.05) is 0 Å². The molecule has 0 aliphatic carbocycles. The van der Waals surface area contributed by atoms with Crippen LogP contribution in [-0.4, -0.2) is 33.8 Å². The number of rotatable bonds is 5. The van der Waals surface area contributed by atoms with Crippen molar-refractivity contribution >= 4 is 23.2 Å². The average molecular weight is 273 g/mol. The number of carbonyl (C=O) groups excluding carboxylic acids is 1. The van der Waals surface area contributed by atoms with E-state index in [-0.39, 0.29) is 30.4 Å². The van der Waals surface area contributed by atoms with Crippen molar-refractivity contribution in [1.29, 1.82) is 0 Å². The van der Waals surface area contributed by atoms with Crippen molar-refractivity contribution in [2.24, 2.45) is 0 Å². The molecule has 0 spiro atoms. The minimum atomic E-state index is -0.667. The first-order valence-corrected chi connectivity index (χ1v) is 5.75. The quantitative estimate of drug-likeness (QED) is 0.504. The molecule has 1 amide bonds. The van der Waals surface area contributed by atoms with Crippen LogP contribution >= 0.6 is 11.6 Å². The summed E-state index contributed by atoms with van der Waals surface area (Å²) in [6, 6.07) is 4.03. The van der Waals surface area contributed by atoms with Crippen molar-refractivity contribution in [1.82, 2.24) is 4.90 Å². The first-order valence-electron chi connectivity index (χ1n) is 5.22. The van der Waals surface area contributed by atoms with E-state index in [1.54, 1.807) is 7.05 Å². The van der Waals surface area contributed by atoms with Gasteiger partial charge in [0.05, 0.1) is 4.92 Å². The lowest BCUT2D eigenvalue weighted by atomic mass is 10.1. The number of amides is 1. The number of alkyl halides is 1. The maximum Gasteiger partial charge on any atom is 0.311 e. The van der Waals surface area contributed by atoms with Gasteiger partial charge in [0.1, 0.15) is 0 Å². The summed E-state index contributed by atoms with van der Waals surface area (Å²) < 4.78 is 0. The Morgan fingerprint density at radius 1 is 1.56 bits per heavy atom. The molecule has 98 valence electrons. The lowest BCUT2D eigenvalue weighted by Crippen LogP contribution is -2.26. The number of hydrogen-bond acceptors (Lipinski definition) is 4. The smallest absolute Gasteiger partial charge is 0.311 e. The lowest BCUT2D eigenvalue weighted by molar-refractivity contribution is -0.385. The number of phenolic OH excluding ortho intramolecular Hbond substituents is 1. The van der Waals surface area contributed by atoms with Crippen LogP contribution in [0.25, 0.3) is 0 Å². The van der Waals surface area contributed by atoms with Crippen molar-refractivity contribution in [2.75, 3.05) is 12.9 Å². The number of phenols is 1. The number of hydrogen-bond donors (Lipinski definition) is 1. The Hall–Kier alpha value is -1.82. The van der Waals surface area contributed by atoms with Crippen LogP contribution in [-0.2, 0) is 11.3 Å². The van der Waals surface area contributed by atoms with Crippen molar-refractivity contribution in [3.8, 4) is 5.75 Å². The molecule has 0 heterocycles. The summed E-state index contributed by atoms with van der Waals surface area (Å²) in [7, 11) is 1.59. The molecule has 0 aliphatic rings. The van der Waals surface area contributed by atoms with Crippen molar-refractivity contribution in [3.05, 3.63) is 33.9 Å². The Kier molecular flexibility index (Phi) is 4.91. The zero-order valence-electron chi connectivity index (χ0n) is 9.80. The molecular formula is C11H13ClN2O4. The van der Waals surface area contributed by atoms with Crippen molar-refractivity contribution in [3.63, 3.8) is 0 Å². The van der Waals surface area contributed by atoms with Crippen LogP contribution in [0.1, 0.15) is 12.0 Å². The number of nitro benzene ring substituents is 1. The number of carbonyl (C=O) groups is 1. The van der Waals surface area contributed by atoms with E-state index in [0.29, 0.717) is 5.56 Å². The molecule has 0 atom stereocenters. The van der Waals surface area contributed by atoms with Gasteiger partial charge in [-0.2, -0.15) is 0 Å². The van der Waals surface area contributed by atoms with Crippen molar-refractivity contribution in [2.45, 2.75) is 13.0 Å². The van der Waals surface area contributed by atoms with Crippen LogP contribution < -0.4 is 0 Å². The molecule has 1 aromatic carbocycles. The molecule has 6 nitrogen and oxygen atoms in total. The van der Waals surface area contributed by atoms with Gasteiger partial charge in [-0.1, -0.05) is 6.07 Å². The van der Waals surface area contributed by atoms with Gasteiger partial charge in [0.25, 0.3) is 0 Å². The van der Waals surface area contributed by atoms with Crippen LogP contribution in [0.5, 0.6) is 5.75 Å². The van der Waals surface area contributed by atoms with Crippen LogP contribution in [0.2, 0.25) is 0 Å². The van der Waals surface area contributed by atoms with E-state index in [9.17, 15) is 20.0 Å². The first kappa shape index (κ1) is 14.2. The molecule has 0 saturated carbocycles. The highest BCUT2D eigenvalue weighted by atomic mass is 35.5. The van der Waals surface area contributed by atoms with E-state index in [4.69, 9.17) is 11.6 Å². The largest absolute Gasteiger partial charge is 0.502 e. The Morgan fingerprint density at radius 2 is 2.22 bits per heavy atom. The molecular weight excluding hydrogens is 260 g/mol. The van der Waals surface area contributed by atoms with Gasteiger partial charge in [-0.25, -0.2) is 0 Å². The molecule has 7 heteroatoms. The van der Waals surface area contributed by atoms with E-state index in [1.165, 1.54) is 23.1 Å². The monoisotopic (exact) mass is 272 g/mol. The van der Waals surface area contributed by atoms with Gasteiger partial charge >= 0.3 is 5.69 Å². The van der Waals surface area contributed by atoms with Gasteiger partial charge in [0.2, 0.25) is 5.91 Å². The molecule has 0 aliphatic heterocycles.